The molecule has 4 unspecified atom stereocenters. The lowest BCUT2D eigenvalue weighted by molar-refractivity contribution is -0.174. The maximum Gasteiger partial charge on any atom is 0.132 e. The average Bonchev–Trinajstić information content (AvgIpc) is 3.00. The Morgan fingerprint density at radius 2 is 1.62 bits per heavy atom. The number of aliphatic hydroxyl groups is 2. The Hall–Kier alpha value is -0.410. The molecule has 0 spiro atoms. The van der Waals surface area contributed by atoms with Crippen LogP contribution in [0.2, 0.25) is 0 Å². The normalized spacial score (nSPS) is 51.5. The maximum atomic E-state index is 11.8. The largest absolute Gasteiger partial charge is 0.393 e. The number of carbonyl (C=O) groups excluding carboxylic acids is 1. The van der Waals surface area contributed by atoms with Crippen LogP contribution >= 0.6 is 0 Å². The molecule has 2 N–H and O–H groups in total. The summed E-state index contributed by atoms with van der Waals surface area (Å²) in [5.41, 5.74) is 0.618. The second-order valence-corrected chi connectivity index (χ2v) is 12.2. The Morgan fingerprint density at radius 3 is 2.31 bits per heavy atom. The summed E-state index contributed by atoms with van der Waals surface area (Å²) in [6.45, 7) is 11.2. The Kier molecular flexibility index (Phi) is 5.73. The van der Waals surface area contributed by atoms with Gasteiger partial charge in [0.15, 0.2) is 0 Å². The fraction of sp³-hybridized carbons (Fsp3) is 0.962. The molecule has 4 aliphatic rings. The predicted molar refractivity (Wildman–Crippen MR) is 116 cm³/mol. The molecule has 3 nitrogen and oxygen atoms in total. The van der Waals surface area contributed by atoms with Gasteiger partial charge in [-0.2, -0.15) is 0 Å². The van der Waals surface area contributed by atoms with Crippen molar-refractivity contribution in [1.29, 1.82) is 0 Å². The minimum absolute atomic E-state index is 0.161. The van der Waals surface area contributed by atoms with Gasteiger partial charge in [-0.1, -0.05) is 27.7 Å². The fourth-order valence-electron chi connectivity index (χ4n) is 9.06. The van der Waals surface area contributed by atoms with Crippen molar-refractivity contribution in [1.82, 2.24) is 0 Å². The summed E-state index contributed by atoms with van der Waals surface area (Å²) in [6, 6.07) is 0. The van der Waals surface area contributed by atoms with Crippen molar-refractivity contribution < 1.29 is 15.0 Å². The predicted octanol–water partition coefficient (Wildman–Crippen LogP) is 5.23. The van der Waals surface area contributed by atoms with Crippen LogP contribution in [0.25, 0.3) is 0 Å². The molecular formula is C26H44O3. The molecule has 0 aromatic heterocycles. The standard InChI is InChI=1S/C26H44O3/c1-15(17(3)27)12-16(2)20-6-7-21-24-22(9-11-26(20,21)5)25(4)10-8-19(28)13-18(25)14-23(24)29/h15-16,18-24,28-29H,6-14H2,1-5H3/t15-,16+,18?,19+,20+,21?,22?,23-,24?,25-,26+/m0/s1. The van der Waals surface area contributed by atoms with Gasteiger partial charge in [-0.3, -0.25) is 4.79 Å². The van der Waals surface area contributed by atoms with Gasteiger partial charge in [-0.05, 0) is 111 Å². The first-order valence-corrected chi connectivity index (χ1v) is 12.4. The summed E-state index contributed by atoms with van der Waals surface area (Å²) in [7, 11) is 0. The summed E-state index contributed by atoms with van der Waals surface area (Å²) in [5, 5.41) is 21.6. The molecular weight excluding hydrogens is 360 g/mol. The van der Waals surface area contributed by atoms with E-state index in [-0.39, 0.29) is 18.1 Å². The molecule has 0 amide bonds. The molecule has 4 rings (SSSR count). The molecule has 3 heteroatoms. The zero-order chi connectivity index (χ0) is 21.1. The first-order valence-electron chi connectivity index (χ1n) is 12.4. The van der Waals surface area contributed by atoms with Crippen molar-refractivity contribution in [3.8, 4) is 0 Å². The van der Waals surface area contributed by atoms with Crippen LogP contribution in [-0.4, -0.2) is 28.2 Å². The van der Waals surface area contributed by atoms with Crippen molar-refractivity contribution in [2.24, 2.45) is 52.3 Å². The van der Waals surface area contributed by atoms with E-state index in [0.29, 0.717) is 52.1 Å². The molecule has 0 heterocycles. The number of carbonyl (C=O) groups is 1. The molecule has 0 aromatic rings. The molecule has 29 heavy (non-hydrogen) atoms. The van der Waals surface area contributed by atoms with Crippen LogP contribution in [0.15, 0.2) is 0 Å². The van der Waals surface area contributed by atoms with Crippen LogP contribution in [0.5, 0.6) is 0 Å². The van der Waals surface area contributed by atoms with E-state index in [1.165, 1.54) is 25.7 Å². The van der Waals surface area contributed by atoms with E-state index >= 15 is 0 Å². The monoisotopic (exact) mass is 404 g/mol. The SMILES string of the molecule is CC(=O)[C@@H](C)C[C@@H](C)[C@H]1CCC2C3C(CC[C@@]21C)[C@@]1(C)CC[C@@H](O)CC1C[C@@H]3O. The number of Topliss-reactive ketones (excluding diaryl/α,β-unsaturated/α-hetero) is 1. The third-order valence-corrected chi connectivity index (χ3v) is 10.8. The highest BCUT2D eigenvalue weighted by atomic mass is 16.3. The number of hydrogen-bond acceptors (Lipinski definition) is 3. The van der Waals surface area contributed by atoms with Crippen molar-refractivity contribution in [3.05, 3.63) is 0 Å². The highest BCUT2D eigenvalue weighted by molar-refractivity contribution is 5.77. The van der Waals surface area contributed by atoms with Crippen molar-refractivity contribution in [2.45, 2.75) is 105 Å². The molecule has 4 saturated carbocycles. The minimum Gasteiger partial charge on any atom is -0.393 e. The Morgan fingerprint density at radius 1 is 0.966 bits per heavy atom. The zero-order valence-electron chi connectivity index (χ0n) is 19.4. The minimum atomic E-state index is -0.196. The molecule has 4 aliphatic carbocycles. The number of aliphatic hydroxyl groups excluding tert-OH is 2. The van der Waals surface area contributed by atoms with Gasteiger partial charge < -0.3 is 10.2 Å². The topological polar surface area (TPSA) is 57.5 Å². The lowest BCUT2D eigenvalue weighted by atomic mass is 9.43. The summed E-state index contributed by atoms with van der Waals surface area (Å²) in [5.74, 6) is 3.91. The van der Waals surface area contributed by atoms with Crippen LogP contribution in [-0.2, 0) is 4.79 Å². The number of hydrogen-bond donors (Lipinski definition) is 2. The van der Waals surface area contributed by atoms with Gasteiger partial charge in [0.25, 0.3) is 0 Å². The molecule has 11 atom stereocenters. The lowest BCUT2D eigenvalue weighted by Gasteiger charge is -2.62. The highest BCUT2D eigenvalue weighted by Gasteiger charge is 2.62. The van der Waals surface area contributed by atoms with Crippen molar-refractivity contribution in [3.63, 3.8) is 0 Å². The summed E-state index contributed by atoms with van der Waals surface area (Å²) in [4.78, 5) is 11.8. The van der Waals surface area contributed by atoms with E-state index in [9.17, 15) is 15.0 Å². The van der Waals surface area contributed by atoms with Crippen molar-refractivity contribution >= 4 is 5.78 Å². The van der Waals surface area contributed by atoms with Crippen LogP contribution in [0.4, 0.5) is 0 Å². The molecule has 0 aromatic carbocycles. The Labute approximate surface area is 178 Å². The molecule has 0 saturated heterocycles. The van der Waals surface area contributed by atoms with Crippen LogP contribution in [0.1, 0.15) is 92.4 Å². The maximum absolute atomic E-state index is 11.8. The van der Waals surface area contributed by atoms with Crippen LogP contribution in [0, 0.1) is 52.3 Å². The van der Waals surface area contributed by atoms with Crippen molar-refractivity contribution in [2.75, 3.05) is 0 Å². The molecule has 166 valence electrons. The first kappa shape index (κ1) is 21.8. The number of rotatable bonds is 4. The van der Waals surface area contributed by atoms with E-state index < -0.39 is 0 Å². The van der Waals surface area contributed by atoms with Gasteiger partial charge in [0.05, 0.1) is 12.2 Å². The average molecular weight is 405 g/mol. The lowest BCUT2D eigenvalue weighted by Crippen LogP contribution is -2.58. The summed E-state index contributed by atoms with van der Waals surface area (Å²) in [6.07, 6.45) is 9.54. The van der Waals surface area contributed by atoms with Gasteiger partial charge in [-0.15, -0.1) is 0 Å². The van der Waals surface area contributed by atoms with Gasteiger partial charge in [0, 0.05) is 5.92 Å². The van der Waals surface area contributed by atoms with E-state index in [0.717, 1.165) is 32.1 Å². The van der Waals surface area contributed by atoms with Crippen LogP contribution in [0.3, 0.4) is 0 Å². The van der Waals surface area contributed by atoms with Gasteiger partial charge in [0.2, 0.25) is 0 Å². The first-order chi connectivity index (χ1) is 13.6. The van der Waals surface area contributed by atoms with Gasteiger partial charge >= 0.3 is 0 Å². The van der Waals surface area contributed by atoms with E-state index in [2.05, 4.69) is 27.7 Å². The zero-order valence-corrected chi connectivity index (χ0v) is 19.4. The smallest absolute Gasteiger partial charge is 0.132 e. The summed E-state index contributed by atoms with van der Waals surface area (Å²) < 4.78 is 0. The number of ketones is 1. The fourth-order valence-corrected chi connectivity index (χ4v) is 9.06. The highest BCUT2D eigenvalue weighted by Crippen LogP contribution is 2.68. The second-order valence-electron chi connectivity index (χ2n) is 12.2. The van der Waals surface area contributed by atoms with Crippen LogP contribution < -0.4 is 0 Å². The third-order valence-electron chi connectivity index (χ3n) is 10.8. The Bertz CT molecular complexity index is 631. The van der Waals surface area contributed by atoms with E-state index in [4.69, 9.17) is 0 Å². The summed E-state index contributed by atoms with van der Waals surface area (Å²) >= 11 is 0. The van der Waals surface area contributed by atoms with Gasteiger partial charge in [0.1, 0.15) is 5.78 Å². The number of fused-ring (bicyclic) bond motifs is 5. The van der Waals surface area contributed by atoms with Gasteiger partial charge in [-0.25, -0.2) is 0 Å². The van der Waals surface area contributed by atoms with E-state index in [1.807, 2.05) is 0 Å². The molecule has 0 radical (unpaired) electrons. The van der Waals surface area contributed by atoms with E-state index in [1.54, 1.807) is 6.92 Å². The second kappa shape index (κ2) is 7.62. The Balaban J connectivity index is 1.56. The quantitative estimate of drug-likeness (QED) is 0.675. The molecule has 0 bridgehead atoms. The molecule has 0 aliphatic heterocycles. The third kappa shape index (κ3) is 3.43. The molecule has 4 fully saturated rings.